The molecule has 0 aliphatic heterocycles. The molecule has 0 spiro atoms. The Morgan fingerprint density at radius 1 is 1.12 bits per heavy atom. The molecule has 26 heavy (non-hydrogen) atoms. The fourth-order valence-electron chi connectivity index (χ4n) is 2.41. The van der Waals surface area contributed by atoms with Gasteiger partial charge in [-0.25, -0.2) is 8.42 Å². The summed E-state index contributed by atoms with van der Waals surface area (Å²) in [4.78, 5) is 12.4. The minimum absolute atomic E-state index is 0.148. The number of aryl methyl sites for hydroxylation is 1. The highest BCUT2D eigenvalue weighted by atomic mass is 32.2. The van der Waals surface area contributed by atoms with E-state index in [0.29, 0.717) is 11.5 Å². The predicted molar refractivity (Wildman–Crippen MR) is 99.3 cm³/mol. The van der Waals surface area contributed by atoms with Crippen LogP contribution in [0.5, 0.6) is 11.5 Å². The quantitative estimate of drug-likeness (QED) is 0.802. The number of nitrogens with one attached hydrogen (secondary N) is 1. The normalized spacial score (nSPS) is 12.3. The Morgan fingerprint density at radius 3 is 2.35 bits per heavy atom. The van der Waals surface area contributed by atoms with Crippen molar-refractivity contribution in [1.82, 2.24) is 5.32 Å². The zero-order chi connectivity index (χ0) is 19.3. The van der Waals surface area contributed by atoms with Crippen molar-refractivity contribution in [3.05, 3.63) is 53.6 Å². The average Bonchev–Trinajstić information content (AvgIpc) is 2.59. The first-order valence-electron chi connectivity index (χ1n) is 8.07. The highest BCUT2D eigenvalue weighted by molar-refractivity contribution is 7.90. The van der Waals surface area contributed by atoms with Crippen LogP contribution in [0.25, 0.3) is 0 Å². The topological polar surface area (TPSA) is 81.7 Å². The maximum Gasteiger partial charge on any atom is 0.258 e. The number of carbonyl (C=O) groups excluding carboxylic acids is 1. The largest absolute Gasteiger partial charge is 0.493 e. The van der Waals surface area contributed by atoms with E-state index in [1.165, 1.54) is 12.1 Å². The Morgan fingerprint density at radius 2 is 1.77 bits per heavy atom. The summed E-state index contributed by atoms with van der Waals surface area (Å²) in [5.74, 6) is 0.785. The van der Waals surface area contributed by atoms with E-state index in [0.717, 1.165) is 17.4 Å². The van der Waals surface area contributed by atoms with E-state index >= 15 is 0 Å². The lowest BCUT2D eigenvalue weighted by atomic mass is 10.1. The molecule has 1 N–H and O–H groups in total. The smallest absolute Gasteiger partial charge is 0.258 e. The van der Waals surface area contributed by atoms with Crippen molar-refractivity contribution in [2.45, 2.75) is 24.8 Å². The number of amides is 1. The summed E-state index contributed by atoms with van der Waals surface area (Å²) in [6.07, 6.45) is 1.16. The van der Waals surface area contributed by atoms with E-state index in [2.05, 4.69) is 5.32 Å². The molecule has 1 unspecified atom stereocenters. The average molecular weight is 377 g/mol. The van der Waals surface area contributed by atoms with Crippen molar-refractivity contribution in [2.24, 2.45) is 0 Å². The van der Waals surface area contributed by atoms with Gasteiger partial charge in [-0.3, -0.25) is 4.79 Å². The lowest BCUT2D eigenvalue weighted by Crippen LogP contribution is -2.31. The van der Waals surface area contributed by atoms with Gasteiger partial charge in [0.05, 0.1) is 18.0 Å². The van der Waals surface area contributed by atoms with Gasteiger partial charge in [-0.2, -0.15) is 0 Å². The van der Waals surface area contributed by atoms with Crippen LogP contribution in [0.1, 0.15) is 24.1 Å². The molecule has 0 aromatic heterocycles. The molecule has 0 fully saturated rings. The van der Waals surface area contributed by atoms with Gasteiger partial charge in [-0.1, -0.05) is 18.2 Å². The van der Waals surface area contributed by atoms with E-state index in [4.69, 9.17) is 9.47 Å². The molecule has 1 amide bonds. The standard InChI is InChI=1S/C19H23NO5S/c1-13-5-10-17(18(11-13)24-3)25-12-19(21)20-14(2)15-6-8-16(9-7-15)26(4,22)23/h5-11,14H,12H2,1-4H3,(H,20,21). The second-order valence-electron chi connectivity index (χ2n) is 6.07. The highest BCUT2D eigenvalue weighted by Gasteiger charge is 2.13. The second kappa shape index (κ2) is 8.23. The maximum absolute atomic E-state index is 12.1. The van der Waals surface area contributed by atoms with Crippen molar-refractivity contribution in [3.63, 3.8) is 0 Å². The van der Waals surface area contributed by atoms with Crippen LogP contribution in [0.15, 0.2) is 47.4 Å². The van der Waals surface area contributed by atoms with Gasteiger partial charge in [0.2, 0.25) is 0 Å². The number of hydrogen-bond acceptors (Lipinski definition) is 5. The van der Waals surface area contributed by atoms with Gasteiger partial charge in [0.25, 0.3) is 5.91 Å². The lowest BCUT2D eigenvalue weighted by molar-refractivity contribution is -0.123. The fourth-order valence-corrected chi connectivity index (χ4v) is 3.04. The SMILES string of the molecule is COc1cc(C)ccc1OCC(=O)NC(C)c1ccc(S(C)(=O)=O)cc1. The molecule has 2 aromatic rings. The molecule has 0 saturated heterocycles. The van der Waals surface area contributed by atoms with Crippen LogP contribution < -0.4 is 14.8 Å². The summed E-state index contributed by atoms with van der Waals surface area (Å²) < 4.78 is 33.7. The number of benzene rings is 2. The summed E-state index contributed by atoms with van der Waals surface area (Å²) in [6.45, 7) is 3.61. The van der Waals surface area contributed by atoms with Crippen molar-refractivity contribution in [2.75, 3.05) is 20.0 Å². The van der Waals surface area contributed by atoms with Gasteiger partial charge in [0.15, 0.2) is 27.9 Å². The van der Waals surface area contributed by atoms with Gasteiger partial charge >= 0.3 is 0 Å². The first kappa shape index (κ1) is 19.8. The number of sulfone groups is 1. The molecule has 140 valence electrons. The Labute approximate surface area is 154 Å². The number of carbonyl (C=O) groups is 1. The van der Waals surface area contributed by atoms with Gasteiger partial charge < -0.3 is 14.8 Å². The van der Waals surface area contributed by atoms with Crippen LogP contribution in [0.4, 0.5) is 0 Å². The molecule has 6 nitrogen and oxygen atoms in total. The second-order valence-corrected chi connectivity index (χ2v) is 8.09. The third kappa shape index (κ3) is 5.23. The summed E-state index contributed by atoms with van der Waals surface area (Å²) in [5, 5.41) is 2.82. The number of ether oxygens (including phenoxy) is 2. The van der Waals surface area contributed by atoms with Gasteiger partial charge in [0, 0.05) is 6.26 Å². The van der Waals surface area contributed by atoms with Crippen LogP contribution in [0.3, 0.4) is 0 Å². The molecule has 2 rings (SSSR count). The van der Waals surface area contributed by atoms with E-state index in [-0.39, 0.29) is 23.5 Å². The molecule has 0 saturated carbocycles. The fraction of sp³-hybridized carbons (Fsp3) is 0.316. The van der Waals surface area contributed by atoms with Crippen LogP contribution in [-0.4, -0.2) is 34.3 Å². The molecule has 7 heteroatoms. The van der Waals surface area contributed by atoms with E-state index in [1.807, 2.05) is 26.0 Å². The molecular formula is C19H23NO5S. The van der Waals surface area contributed by atoms with Gasteiger partial charge in [-0.15, -0.1) is 0 Å². The third-order valence-electron chi connectivity index (χ3n) is 3.86. The van der Waals surface area contributed by atoms with Gasteiger partial charge in [-0.05, 0) is 49.2 Å². The number of methoxy groups -OCH3 is 1. The van der Waals surface area contributed by atoms with E-state index < -0.39 is 9.84 Å². The Balaban J connectivity index is 1.95. The zero-order valence-corrected chi connectivity index (χ0v) is 16.1. The summed E-state index contributed by atoms with van der Waals surface area (Å²) in [5.41, 5.74) is 1.84. The minimum atomic E-state index is -3.24. The molecule has 2 aromatic carbocycles. The summed E-state index contributed by atoms with van der Waals surface area (Å²) >= 11 is 0. The molecule has 0 radical (unpaired) electrons. The van der Waals surface area contributed by atoms with Crippen LogP contribution in [0.2, 0.25) is 0 Å². The molecule has 0 aliphatic carbocycles. The summed E-state index contributed by atoms with van der Waals surface area (Å²) in [6, 6.07) is 11.6. The first-order valence-corrected chi connectivity index (χ1v) is 9.96. The van der Waals surface area contributed by atoms with E-state index in [1.54, 1.807) is 25.3 Å². The van der Waals surface area contributed by atoms with Gasteiger partial charge in [0.1, 0.15) is 0 Å². The van der Waals surface area contributed by atoms with Crippen molar-refractivity contribution in [3.8, 4) is 11.5 Å². The maximum atomic E-state index is 12.1. The van der Waals surface area contributed by atoms with E-state index in [9.17, 15) is 13.2 Å². The Hall–Kier alpha value is -2.54. The lowest BCUT2D eigenvalue weighted by Gasteiger charge is -2.16. The number of hydrogen-bond donors (Lipinski definition) is 1. The molecule has 1 atom stereocenters. The van der Waals surface area contributed by atoms with Crippen molar-refractivity contribution >= 4 is 15.7 Å². The number of rotatable bonds is 7. The molecular weight excluding hydrogens is 354 g/mol. The molecule has 0 heterocycles. The molecule has 0 aliphatic rings. The van der Waals surface area contributed by atoms with Crippen LogP contribution >= 0.6 is 0 Å². The minimum Gasteiger partial charge on any atom is -0.493 e. The third-order valence-corrected chi connectivity index (χ3v) is 4.99. The van der Waals surface area contributed by atoms with Crippen LogP contribution in [-0.2, 0) is 14.6 Å². The van der Waals surface area contributed by atoms with Crippen LogP contribution in [0, 0.1) is 6.92 Å². The first-order chi connectivity index (χ1) is 12.2. The Bertz CT molecular complexity index is 875. The van der Waals surface area contributed by atoms with Crippen molar-refractivity contribution in [1.29, 1.82) is 0 Å². The summed E-state index contributed by atoms with van der Waals surface area (Å²) in [7, 11) is -1.69. The predicted octanol–water partition coefficient (Wildman–Crippen LogP) is 2.66. The highest BCUT2D eigenvalue weighted by Crippen LogP contribution is 2.27. The molecule has 0 bridgehead atoms. The monoisotopic (exact) mass is 377 g/mol. The zero-order valence-electron chi connectivity index (χ0n) is 15.3. The Kier molecular flexibility index (Phi) is 6.26. The van der Waals surface area contributed by atoms with Crippen molar-refractivity contribution < 1.29 is 22.7 Å².